The molecule has 8 nitrogen and oxygen atoms in total. The average molecular weight is 356 g/mol. The number of nitrogens with one attached hydrogen (secondary N) is 1. The molecule has 128 valence electrons. The van der Waals surface area contributed by atoms with Gasteiger partial charge in [0.15, 0.2) is 12.4 Å². The third-order valence-electron chi connectivity index (χ3n) is 3.25. The standard InChI is InChI=1S/C16H16N6O2S/c1-9-5-3-4-6-11(9)19-16-21-13(20-15(17)22-16)8-24-14(23)12-7-18-10(2)25-12/h3-7H,8H2,1-2H3,(H3,17,19,20,21,22). The van der Waals surface area contributed by atoms with Crippen molar-refractivity contribution in [3.63, 3.8) is 0 Å². The van der Waals surface area contributed by atoms with Crippen molar-refractivity contribution in [1.82, 2.24) is 19.9 Å². The molecule has 0 aliphatic carbocycles. The van der Waals surface area contributed by atoms with Gasteiger partial charge in [0, 0.05) is 5.69 Å². The number of hydrogen-bond acceptors (Lipinski definition) is 9. The summed E-state index contributed by atoms with van der Waals surface area (Å²) in [7, 11) is 0. The van der Waals surface area contributed by atoms with Crippen LogP contribution in [0.15, 0.2) is 30.5 Å². The van der Waals surface area contributed by atoms with E-state index < -0.39 is 5.97 Å². The van der Waals surface area contributed by atoms with Crippen molar-refractivity contribution in [2.24, 2.45) is 0 Å². The highest BCUT2D eigenvalue weighted by atomic mass is 32.1. The van der Waals surface area contributed by atoms with E-state index in [4.69, 9.17) is 10.5 Å². The van der Waals surface area contributed by atoms with Crippen LogP contribution in [0.1, 0.15) is 26.1 Å². The first-order chi connectivity index (χ1) is 12.0. The van der Waals surface area contributed by atoms with E-state index in [1.807, 2.05) is 38.1 Å². The molecule has 0 saturated carbocycles. The van der Waals surface area contributed by atoms with Gasteiger partial charge in [-0.25, -0.2) is 9.78 Å². The number of rotatable bonds is 5. The minimum Gasteiger partial charge on any atom is -0.453 e. The third-order valence-corrected chi connectivity index (χ3v) is 4.14. The zero-order valence-corrected chi connectivity index (χ0v) is 14.5. The van der Waals surface area contributed by atoms with Crippen LogP contribution in [0.25, 0.3) is 0 Å². The molecule has 0 aliphatic rings. The number of ether oxygens (including phenoxy) is 1. The lowest BCUT2D eigenvalue weighted by atomic mass is 10.2. The van der Waals surface area contributed by atoms with E-state index in [2.05, 4.69) is 25.3 Å². The summed E-state index contributed by atoms with van der Waals surface area (Å²) in [5.41, 5.74) is 7.62. The largest absolute Gasteiger partial charge is 0.453 e. The van der Waals surface area contributed by atoms with Crippen LogP contribution in [0, 0.1) is 13.8 Å². The van der Waals surface area contributed by atoms with Crippen LogP contribution in [0.3, 0.4) is 0 Å². The number of carbonyl (C=O) groups is 1. The number of aryl methyl sites for hydroxylation is 2. The molecule has 0 atom stereocenters. The lowest BCUT2D eigenvalue weighted by molar-refractivity contribution is 0.0467. The maximum Gasteiger partial charge on any atom is 0.350 e. The predicted octanol–water partition coefficient (Wildman–Crippen LogP) is 2.63. The minimum atomic E-state index is -0.474. The van der Waals surface area contributed by atoms with E-state index in [0.717, 1.165) is 16.3 Å². The summed E-state index contributed by atoms with van der Waals surface area (Å²) in [6.07, 6.45) is 1.48. The molecule has 2 aromatic heterocycles. The summed E-state index contributed by atoms with van der Waals surface area (Å²) >= 11 is 1.26. The van der Waals surface area contributed by atoms with E-state index in [0.29, 0.717) is 10.8 Å². The monoisotopic (exact) mass is 356 g/mol. The summed E-state index contributed by atoms with van der Waals surface area (Å²) in [4.78, 5) is 28.7. The molecule has 0 aliphatic heterocycles. The second kappa shape index (κ2) is 7.22. The number of nitrogen functional groups attached to an aromatic ring is 1. The fourth-order valence-electron chi connectivity index (χ4n) is 2.05. The molecule has 0 spiro atoms. The van der Waals surface area contributed by atoms with Crippen molar-refractivity contribution in [3.8, 4) is 0 Å². The second-order valence-electron chi connectivity index (χ2n) is 5.19. The van der Waals surface area contributed by atoms with Crippen LogP contribution < -0.4 is 11.1 Å². The number of para-hydroxylation sites is 1. The van der Waals surface area contributed by atoms with Gasteiger partial charge in [-0.3, -0.25) is 0 Å². The Morgan fingerprint density at radius 1 is 1.24 bits per heavy atom. The number of aromatic nitrogens is 4. The zero-order chi connectivity index (χ0) is 17.8. The predicted molar refractivity (Wildman–Crippen MR) is 94.7 cm³/mol. The molecule has 0 amide bonds. The zero-order valence-electron chi connectivity index (χ0n) is 13.7. The van der Waals surface area contributed by atoms with Gasteiger partial charge in [-0.1, -0.05) is 18.2 Å². The van der Waals surface area contributed by atoms with Gasteiger partial charge in [0.1, 0.15) is 4.88 Å². The number of carbonyl (C=O) groups excluding carboxylic acids is 1. The van der Waals surface area contributed by atoms with Crippen molar-refractivity contribution in [2.45, 2.75) is 20.5 Å². The number of anilines is 3. The number of hydrogen-bond donors (Lipinski definition) is 2. The van der Waals surface area contributed by atoms with Crippen LogP contribution in [0.2, 0.25) is 0 Å². The van der Waals surface area contributed by atoms with Crippen LogP contribution >= 0.6 is 11.3 Å². The SMILES string of the molecule is Cc1ncc(C(=O)OCc2nc(N)nc(Nc3ccccc3C)n2)s1. The number of benzene rings is 1. The van der Waals surface area contributed by atoms with E-state index in [1.54, 1.807) is 0 Å². The van der Waals surface area contributed by atoms with Gasteiger partial charge >= 0.3 is 5.97 Å². The van der Waals surface area contributed by atoms with E-state index >= 15 is 0 Å². The van der Waals surface area contributed by atoms with Gasteiger partial charge in [0.25, 0.3) is 0 Å². The van der Waals surface area contributed by atoms with E-state index in [1.165, 1.54) is 17.5 Å². The Balaban J connectivity index is 1.71. The Hall–Kier alpha value is -3.07. The lowest BCUT2D eigenvalue weighted by Gasteiger charge is -2.09. The Kier molecular flexibility index (Phi) is 4.85. The highest BCUT2D eigenvalue weighted by Gasteiger charge is 2.13. The molecule has 0 radical (unpaired) electrons. The molecule has 0 saturated heterocycles. The molecular weight excluding hydrogens is 340 g/mol. The summed E-state index contributed by atoms with van der Waals surface area (Å²) < 4.78 is 5.21. The fourth-order valence-corrected chi connectivity index (χ4v) is 2.72. The smallest absolute Gasteiger partial charge is 0.350 e. The van der Waals surface area contributed by atoms with Crippen molar-refractivity contribution in [2.75, 3.05) is 11.1 Å². The van der Waals surface area contributed by atoms with E-state index in [9.17, 15) is 4.79 Å². The van der Waals surface area contributed by atoms with Crippen molar-refractivity contribution < 1.29 is 9.53 Å². The Morgan fingerprint density at radius 3 is 2.76 bits per heavy atom. The summed E-state index contributed by atoms with van der Waals surface area (Å²) in [5.74, 6) is 0.128. The van der Waals surface area contributed by atoms with Crippen molar-refractivity contribution in [3.05, 3.63) is 51.7 Å². The molecule has 25 heavy (non-hydrogen) atoms. The van der Waals surface area contributed by atoms with Gasteiger partial charge in [-0.15, -0.1) is 11.3 Å². The maximum absolute atomic E-state index is 12.0. The summed E-state index contributed by atoms with van der Waals surface area (Å²) in [5, 5.41) is 3.88. The van der Waals surface area contributed by atoms with Gasteiger partial charge in [-0.2, -0.15) is 15.0 Å². The molecule has 0 fully saturated rings. The Morgan fingerprint density at radius 2 is 2.04 bits per heavy atom. The van der Waals surface area contributed by atoms with Crippen LogP contribution in [0.4, 0.5) is 17.6 Å². The number of esters is 1. The normalized spacial score (nSPS) is 10.5. The van der Waals surface area contributed by atoms with Crippen LogP contribution in [-0.2, 0) is 11.3 Å². The Labute approximate surface area is 148 Å². The molecule has 2 heterocycles. The first-order valence-electron chi connectivity index (χ1n) is 7.44. The second-order valence-corrected chi connectivity index (χ2v) is 6.43. The molecule has 3 rings (SSSR count). The quantitative estimate of drug-likeness (QED) is 0.670. The molecule has 0 bridgehead atoms. The van der Waals surface area contributed by atoms with Gasteiger partial charge in [0.05, 0.1) is 11.2 Å². The maximum atomic E-state index is 12.0. The van der Waals surface area contributed by atoms with E-state index in [-0.39, 0.29) is 18.4 Å². The fraction of sp³-hybridized carbons (Fsp3) is 0.188. The number of nitrogens with two attached hydrogens (primary N) is 1. The first-order valence-corrected chi connectivity index (χ1v) is 8.25. The molecule has 0 unspecified atom stereocenters. The van der Waals surface area contributed by atoms with Gasteiger partial charge < -0.3 is 15.8 Å². The average Bonchev–Trinajstić information content (AvgIpc) is 3.01. The van der Waals surface area contributed by atoms with Gasteiger partial charge in [0.2, 0.25) is 11.9 Å². The topological polar surface area (TPSA) is 116 Å². The molecular formula is C16H16N6O2S. The highest BCUT2D eigenvalue weighted by Crippen LogP contribution is 2.18. The molecule has 1 aromatic carbocycles. The first kappa shape index (κ1) is 16.8. The molecule has 3 aromatic rings. The van der Waals surface area contributed by atoms with Crippen LogP contribution in [-0.4, -0.2) is 25.9 Å². The molecule has 3 N–H and O–H groups in total. The number of thiazole rings is 1. The molecule has 9 heteroatoms. The van der Waals surface area contributed by atoms with Crippen molar-refractivity contribution >= 4 is 34.9 Å². The minimum absolute atomic E-state index is 0.0470. The highest BCUT2D eigenvalue weighted by molar-refractivity contribution is 7.13. The summed E-state index contributed by atoms with van der Waals surface area (Å²) in [6, 6.07) is 7.71. The van der Waals surface area contributed by atoms with Crippen molar-refractivity contribution in [1.29, 1.82) is 0 Å². The third kappa shape index (κ3) is 4.27. The lowest BCUT2D eigenvalue weighted by Crippen LogP contribution is -2.11. The Bertz CT molecular complexity index is 911. The van der Waals surface area contributed by atoms with Crippen LogP contribution in [0.5, 0.6) is 0 Å². The van der Waals surface area contributed by atoms with Gasteiger partial charge in [-0.05, 0) is 25.5 Å². The summed E-state index contributed by atoms with van der Waals surface area (Å²) in [6.45, 7) is 3.68. The number of nitrogens with zero attached hydrogens (tertiary/aromatic N) is 4.